The number of hydrogen-bond donors (Lipinski definition) is 2. The van der Waals surface area contributed by atoms with Crippen molar-refractivity contribution in [2.45, 2.75) is 17.1 Å². The second-order valence-corrected chi connectivity index (χ2v) is 6.00. The van der Waals surface area contributed by atoms with Gasteiger partial charge < -0.3 is 9.97 Å². The number of hydrogen-bond acceptors (Lipinski definition) is 3. The highest BCUT2D eigenvalue weighted by Gasteiger charge is 2.07. The van der Waals surface area contributed by atoms with E-state index < -0.39 is 17.5 Å². The summed E-state index contributed by atoms with van der Waals surface area (Å²) in [6.45, 7) is 0. The van der Waals surface area contributed by atoms with E-state index in [1.54, 1.807) is 12.1 Å². The molecule has 4 nitrogen and oxygen atoms in total. The van der Waals surface area contributed by atoms with Crippen LogP contribution in [0.2, 0.25) is 0 Å². The van der Waals surface area contributed by atoms with Crippen LogP contribution in [0.3, 0.4) is 0 Å². The minimum Gasteiger partial charge on any atom is -0.323 e. The van der Waals surface area contributed by atoms with Crippen molar-refractivity contribution in [3.8, 4) is 0 Å². The van der Waals surface area contributed by atoms with E-state index in [1.807, 2.05) is 12.1 Å². The summed E-state index contributed by atoms with van der Waals surface area (Å²) in [5.41, 5.74) is -0.753. The maximum atomic E-state index is 12.7. The van der Waals surface area contributed by atoms with Gasteiger partial charge in [-0.2, -0.15) is 0 Å². The second kappa shape index (κ2) is 6.37. The minimum atomic E-state index is -2.48. The lowest BCUT2D eigenvalue weighted by Gasteiger charge is -2.06. The van der Waals surface area contributed by atoms with Crippen LogP contribution < -0.4 is 11.1 Å². The highest BCUT2D eigenvalue weighted by molar-refractivity contribution is 7.98. The molecule has 0 saturated carbocycles. The fourth-order valence-corrected chi connectivity index (χ4v) is 3.02. The number of H-pyrrole nitrogens is 2. The molecule has 0 fully saturated rings. The fraction of sp³-hybridized carbons (Fsp3) is 0.125. The van der Waals surface area contributed by atoms with Gasteiger partial charge in [0.1, 0.15) is 0 Å². The largest absolute Gasteiger partial charge is 0.323 e. The van der Waals surface area contributed by atoms with E-state index in [2.05, 4.69) is 9.97 Å². The predicted octanol–water partition coefficient (Wildman–Crippen LogP) is 3.45. The Morgan fingerprint density at radius 1 is 1.00 bits per heavy atom. The highest BCUT2D eigenvalue weighted by atomic mass is 32.2. The fourth-order valence-electron chi connectivity index (χ4n) is 2.16. The van der Waals surface area contributed by atoms with Crippen molar-refractivity contribution in [3.05, 3.63) is 74.6 Å². The van der Waals surface area contributed by atoms with Gasteiger partial charge in [0, 0.05) is 28.1 Å². The number of rotatable bonds is 4. The molecule has 3 aromatic rings. The number of thioether (sulfide) groups is 1. The van der Waals surface area contributed by atoms with Crippen LogP contribution in [0.15, 0.2) is 57.1 Å². The average Bonchev–Trinajstić information content (AvgIpc) is 2.55. The van der Waals surface area contributed by atoms with E-state index >= 15 is 0 Å². The zero-order chi connectivity index (χ0) is 16.4. The summed E-state index contributed by atoms with van der Waals surface area (Å²) >= 11 is 1.47. The van der Waals surface area contributed by atoms with Crippen molar-refractivity contribution in [2.24, 2.45) is 0 Å². The van der Waals surface area contributed by atoms with Gasteiger partial charge in [-0.3, -0.25) is 9.59 Å². The normalized spacial score (nSPS) is 11.3. The van der Waals surface area contributed by atoms with E-state index in [4.69, 9.17) is 0 Å². The summed E-state index contributed by atoms with van der Waals surface area (Å²) in [5.74, 6) is 0.479. The Balaban J connectivity index is 1.80. The van der Waals surface area contributed by atoms with Crippen LogP contribution in [0.4, 0.5) is 8.78 Å². The molecule has 0 saturated heterocycles. The van der Waals surface area contributed by atoms with Crippen molar-refractivity contribution in [2.75, 3.05) is 0 Å². The van der Waals surface area contributed by atoms with Crippen LogP contribution in [0, 0.1) is 0 Å². The summed E-state index contributed by atoms with van der Waals surface area (Å²) in [6, 6.07) is 10.1. The first kappa shape index (κ1) is 15.5. The molecule has 7 heteroatoms. The molecule has 0 bridgehead atoms. The lowest BCUT2D eigenvalue weighted by atomic mass is 10.1. The average molecular weight is 334 g/mol. The lowest BCUT2D eigenvalue weighted by molar-refractivity contribution is 0.151. The molecule has 0 atom stereocenters. The van der Waals surface area contributed by atoms with Gasteiger partial charge >= 0.3 is 11.1 Å². The van der Waals surface area contributed by atoms with Gasteiger partial charge in [0.25, 0.3) is 6.43 Å². The Bertz CT molecular complexity index is 966. The van der Waals surface area contributed by atoms with Gasteiger partial charge in [-0.05, 0) is 29.0 Å². The number of nitrogens with one attached hydrogen (secondary N) is 2. The minimum absolute atomic E-state index is 0.00344. The zero-order valence-corrected chi connectivity index (χ0v) is 12.6. The van der Waals surface area contributed by atoms with Crippen molar-refractivity contribution >= 4 is 22.5 Å². The van der Waals surface area contributed by atoms with Crippen LogP contribution in [0.25, 0.3) is 10.8 Å². The zero-order valence-electron chi connectivity index (χ0n) is 11.8. The van der Waals surface area contributed by atoms with E-state index in [-0.39, 0.29) is 5.56 Å². The quantitative estimate of drug-likeness (QED) is 0.567. The van der Waals surface area contributed by atoms with Crippen LogP contribution in [-0.4, -0.2) is 9.97 Å². The van der Waals surface area contributed by atoms with E-state index in [0.29, 0.717) is 11.4 Å². The SMILES string of the molecule is O=c1[nH]cc(CSc2ccc3cc(C(F)F)ccc3c2)[nH]c1=O. The van der Waals surface area contributed by atoms with Gasteiger partial charge in [-0.25, -0.2) is 8.78 Å². The first-order valence-electron chi connectivity index (χ1n) is 6.78. The Morgan fingerprint density at radius 3 is 2.48 bits per heavy atom. The lowest BCUT2D eigenvalue weighted by Crippen LogP contribution is -2.29. The number of aromatic nitrogens is 2. The molecule has 0 spiro atoms. The molecule has 1 heterocycles. The first-order chi connectivity index (χ1) is 11.0. The van der Waals surface area contributed by atoms with E-state index in [1.165, 1.54) is 30.1 Å². The van der Waals surface area contributed by atoms with Crippen LogP contribution >= 0.6 is 11.8 Å². The molecule has 3 rings (SSSR count). The maximum Gasteiger partial charge on any atom is 0.313 e. The number of fused-ring (bicyclic) bond motifs is 1. The number of aromatic amines is 2. The molecule has 2 aromatic carbocycles. The summed E-state index contributed by atoms with van der Waals surface area (Å²) in [6.07, 6.45) is -1.02. The number of benzene rings is 2. The highest BCUT2D eigenvalue weighted by Crippen LogP contribution is 2.28. The van der Waals surface area contributed by atoms with Crippen LogP contribution in [0.5, 0.6) is 0 Å². The molecule has 23 heavy (non-hydrogen) atoms. The van der Waals surface area contributed by atoms with E-state index in [9.17, 15) is 18.4 Å². The van der Waals surface area contributed by atoms with Gasteiger partial charge in [-0.1, -0.05) is 18.2 Å². The van der Waals surface area contributed by atoms with Gasteiger partial charge in [0.2, 0.25) is 0 Å². The van der Waals surface area contributed by atoms with Gasteiger partial charge in [0.05, 0.1) is 0 Å². The number of halogens is 2. The number of alkyl halides is 2. The smallest absolute Gasteiger partial charge is 0.313 e. The third-order valence-electron chi connectivity index (χ3n) is 3.34. The molecular weight excluding hydrogens is 322 g/mol. The summed E-state index contributed by atoms with van der Waals surface area (Å²) < 4.78 is 25.4. The second-order valence-electron chi connectivity index (χ2n) is 4.95. The maximum absolute atomic E-state index is 12.7. The van der Waals surface area contributed by atoms with Crippen molar-refractivity contribution in [1.82, 2.24) is 9.97 Å². The monoisotopic (exact) mass is 334 g/mol. The molecule has 0 aliphatic rings. The third-order valence-corrected chi connectivity index (χ3v) is 4.38. The Labute approximate surface area is 133 Å². The van der Waals surface area contributed by atoms with Crippen LogP contribution in [0.1, 0.15) is 17.7 Å². The van der Waals surface area contributed by atoms with Crippen molar-refractivity contribution in [3.63, 3.8) is 0 Å². The molecule has 0 aliphatic carbocycles. The third kappa shape index (κ3) is 3.50. The summed E-state index contributed by atoms with van der Waals surface area (Å²) in [5, 5.41) is 1.62. The summed E-state index contributed by atoms with van der Waals surface area (Å²) in [7, 11) is 0. The summed E-state index contributed by atoms with van der Waals surface area (Å²) in [4.78, 5) is 28.1. The Hall–Kier alpha value is -2.41. The Kier molecular flexibility index (Phi) is 4.29. The molecule has 0 amide bonds. The Morgan fingerprint density at radius 2 is 1.74 bits per heavy atom. The van der Waals surface area contributed by atoms with Crippen molar-refractivity contribution < 1.29 is 8.78 Å². The molecule has 0 aliphatic heterocycles. The van der Waals surface area contributed by atoms with Gasteiger partial charge in [0.15, 0.2) is 0 Å². The molecule has 1 aromatic heterocycles. The standard InChI is InChI=1S/C16H12F2N2O2S/c17-14(18)11-2-1-10-6-13(4-3-9(10)5-11)23-8-12-7-19-15(21)16(22)20-12/h1-7,14H,8H2,(H,19,21)(H,20,22). The van der Waals surface area contributed by atoms with Crippen LogP contribution in [-0.2, 0) is 5.75 Å². The molecule has 118 valence electrons. The topological polar surface area (TPSA) is 65.7 Å². The molecule has 2 N–H and O–H groups in total. The van der Waals surface area contributed by atoms with E-state index in [0.717, 1.165) is 15.7 Å². The molecular formula is C16H12F2N2O2S. The van der Waals surface area contributed by atoms with Gasteiger partial charge in [-0.15, -0.1) is 11.8 Å². The first-order valence-corrected chi connectivity index (χ1v) is 7.77. The molecule has 0 radical (unpaired) electrons. The molecule has 0 unspecified atom stereocenters. The van der Waals surface area contributed by atoms with Crippen molar-refractivity contribution in [1.29, 1.82) is 0 Å². The predicted molar refractivity (Wildman–Crippen MR) is 86.1 cm³/mol.